The molecular weight excluding hydrogens is 332 g/mol. The van der Waals surface area contributed by atoms with Crippen molar-refractivity contribution in [3.63, 3.8) is 0 Å². The summed E-state index contributed by atoms with van der Waals surface area (Å²) in [6, 6.07) is 12.8. The number of aromatic nitrogens is 1. The normalized spacial score (nSPS) is 14.4. The fraction of sp³-hybridized carbons (Fsp3) is 0.458. The van der Waals surface area contributed by atoms with E-state index in [0.29, 0.717) is 19.5 Å². The number of rotatable bonds is 9. The lowest BCUT2D eigenvalue weighted by Gasteiger charge is -2.23. The minimum atomic E-state index is 0.255. The molecule has 1 heterocycles. The number of carbonyl (C=O) groups excluding carboxylic acids is 1. The molecule has 1 aromatic carbocycles. The first-order valence-electron chi connectivity index (χ1n) is 10.2. The number of benzene rings is 1. The van der Waals surface area contributed by atoms with E-state index < -0.39 is 0 Å². The summed E-state index contributed by atoms with van der Waals surface area (Å²) in [5.74, 6) is 1.01. The molecule has 1 saturated carbocycles. The second kappa shape index (κ2) is 9.59. The fourth-order valence-electron chi connectivity index (χ4n) is 4.15. The Morgan fingerprint density at radius 3 is 2.81 bits per heavy atom. The Kier molecular flexibility index (Phi) is 6.92. The van der Waals surface area contributed by atoms with Crippen molar-refractivity contribution >= 4 is 5.91 Å². The van der Waals surface area contributed by atoms with Crippen LogP contribution in [0.3, 0.4) is 0 Å². The maximum absolute atomic E-state index is 12.8. The third-order valence-corrected chi connectivity index (χ3v) is 5.66. The molecule has 1 aliphatic rings. The smallest absolute Gasteiger partial charge is 0.223 e. The van der Waals surface area contributed by atoms with E-state index in [4.69, 9.17) is 0 Å². The predicted molar refractivity (Wildman–Crippen MR) is 112 cm³/mol. The van der Waals surface area contributed by atoms with Crippen LogP contribution >= 0.6 is 0 Å². The highest BCUT2D eigenvalue weighted by atomic mass is 16.2. The van der Waals surface area contributed by atoms with Gasteiger partial charge >= 0.3 is 0 Å². The van der Waals surface area contributed by atoms with Crippen molar-refractivity contribution in [1.29, 1.82) is 0 Å². The molecule has 144 valence electrons. The van der Waals surface area contributed by atoms with Crippen LogP contribution in [0.1, 0.15) is 55.3 Å². The van der Waals surface area contributed by atoms with Gasteiger partial charge in [0.05, 0.1) is 6.54 Å². The van der Waals surface area contributed by atoms with Crippen LogP contribution in [0, 0.1) is 12.8 Å². The van der Waals surface area contributed by atoms with E-state index >= 15 is 0 Å². The SMILES string of the molecule is C=CCN(Cc1cccn1Cc1cccc(C)c1)C(=O)CCC1CCCC1. The Balaban J connectivity index is 1.63. The molecule has 0 saturated heterocycles. The van der Waals surface area contributed by atoms with Gasteiger partial charge in [0, 0.05) is 31.4 Å². The zero-order valence-corrected chi connectivity index (χ0v) is 16.6. The highest BCUT2D eigenvalue weighted by molar-refractivity contribution is 5.76. The molecule has 3 nitrogen and oxygen atoms in total. The molecule has 0 radical (unpaired) electrons. The van der Waals surface area contributed by atoms with Crippen LogP contribution in [0.2, 0.25) is 0 Å². The maximum Gasteiger partial charge on any atom is 0.223 e. The van der Waals surface area contributed by atoms with Crippen LogP contribution in [0.5, 0.6) is 0 Å². The fourth-order valence-corrected chi connectivity index (χ4v) is 4.15. The van der Waals surface area contributed by atoms with E-state index in [1.165, 1.54) is 42.5 Å². The van der Waals surface area contributed by atoms with Gasteiger partial charge in [-0.1, -0.05) is 61.6 Å². The monoisotopic (exact) mass is 364 g/mol. The van der Waals surface area contributed by atoms with Gasteiger partial charge in [-0.3, -0.25) is 4.79 Å². The average Bonchev–Trinajstić information content (AvgIpc) is 3.32. The summed E-state index contributed by atoms with van der Waals surface area (Å²) >= 11 is 0. The molecule has 0 spiro atoms. The van der Waals surface area contributed by atoms with Gasteiger partial charge in [0.1, 0.15) is 0 Å². The topological polar surface area (TPSA) is 25.2 Å². The van der Waals surface area contributed by atoms with Gasteiger partial charge in [0.25, 0.3) is 0 Å². The average molecular weight is 365 g/mol. The molecule has 3 rings (SSSR count). The second-order valence-electron chi connectivity index (χ2n) is 7.87. The van der Waals surface area contributed by atoms with Crippen molar-refractivity contribution in [3.05, 3.63) is 72.1 Å². The molecule has 0 aliphatic heterocycles. The van der Waals surface area contributed by atoms with Crippen LogP contribution in [0.25, 0.3) is 0 Å². The summed E-state index contributed by atoms with van der Waals surface area (Å²) in [5.41, 5.74) is 3.74. The van der Waals surface area contributed by atoms with Gasteiger partial charge < -0.3 is 9.47 Å². The molecule has 27 heavy (non-hydrogen) atoms. The standard InChI is InChI=1S/C24H32N2O/c1-3-15-26(24(27)14-13-21-9-4-5-10-21)19-23-12-7-16-25(23)18-22-11-6-8-20(2)17-22/h3,6-8,11-12,16-17,21H,1,4-5,9-10,13-15,18-19H2,2H3. The first-order valence-corrected chi connectivity index (χ1v) is 10.2. The molecule has 0 bridgehead atoms. The van der Waals surface area contributed by atoms with Crippen molar-refractivity contribution in [2.24, 2.45) is 5.92 Å². The van der Waals surface area contributed by atoms with Gasteiger partial charge in [0.2, 0.25) is 5.91 Å². The van der Waals surface area contributed by atoms with Crippen molar-refractivity contribution in [3.8, 4) is 0 Å². The van der Waals surface area contributed by atoms with E-state index in [1.807, 2.05) is 11.0 Å². The summed E-state index contributed by atoms with van der Waals surface area (Å²) < 4.78 is 2.25. The van der Waals surface area contributed by atoms with E-state index in [-0.39, 0.29) is 5.91 Å². The Morgan fingerprint density at radius 2 is 2.07 bits per heavy atom. The summed E-state index contributed by atoms with van der Waals surface area (Å²) in [7, 11) is 0. The maximum atomic E-state index is 12.8. The number of nitrogens with zero attached hydrogens (tertiary/aromatic N) is 2. The minimum absolute atomic E-state index is 0.255. The number of aryl methyl sites for hydroxylation is 1. The van der Waals surface area contributed by atoms with Crippen molar-refractivity contribution < 1.29 is 4.79 Å². The Bertz CT molecular complexity index is 755. The molecule has 1 fully saturated rings. The van der Waals surface area contributed by atoms with Crippen LogP contribution < -0.4 is 0 Å². The van der Waals surface area contributed by atoms with Crippen LogP contribution in [-0.4, -0.2) is 21.9 Å². The number of hydrogen-bond donors (Lipinski definition) is 0. The third-order valence-electron chi connectivity index (χ3n) is 5.66. The lowest BCUT2D eigenvalue weighted by molar-refractivity contribution is -0.131. The van der Waals surface area contributed by atoms with Gasteiger partial charge in [-0.2, -0.15) is 0 Å². The van der Waals surface area contributed by atoms with Crippen LogP contribution in [-0.2, 0) is 17.9 Å². The van der Waals surface area contributed by atoms with E-state index in [9.17, 15) is 4.79 Å². The highest BCUT2D eigenvalue weighted by Crippen LogP contribution is 2.28. The third kappa shape index (κ3) is 5.59. The Labute approximate surface area is 163 Å². The summed E-state index contributed by atoms with van der Waals surface area (Å²) in [6.07, 6.45) is 10.9. The van der Waals surface area contributed by atoms with Gasteiger partial charge in [0.15, 0.2) is 0 Å². The van der Waals surface area contributed by atoms with Gasteiger partial charge in [-0.15, -0.1) is 6.58 Å². The van der Waals surface area contributed by atoms with Crippen molar-refractivity contribution in [2.45, 2.75) is 58.5 Å². The molecule has 1 aliphatic carbocycles. The summed E-state index contributed by atoms with van der Waals surface area (Å²) in [6.45, 7) is 8.06. The minimum Gasteiger partial charge on any atom is -0.345 e. The molecule has 1 aromatic heterocycles. The van der Waals surface area contributed by atoms with Crippen molar-refractivity contribution in [2.75, 3.05) is 6.54 Å². The number of hydrogen-bond acceptors (Lipinski definition) is 1. The second-order valence-corrected chi connectivity index (χ2v) is 7.87. The molecule has 1 amide bonds. The van der Waals surface area contributed by atoms with E-state index in [1.54, 1.807) is 0 Å². The molecule has 0 unspecified atom stereocenters. The molecule has 3 heteroatoms. The Morgan fingerprint density at radius 1 is 1.26 bits per heavy atom. The quantitative estimate of drug-likeness (QED) is 0.552. The zero-order valence-electron chi connectivity index (χ0n) is 16.6. The van der Waals surface area contributed by atoms with Crippen molar-refractivity contribution in [1.82, 2.24) is 9.47 Å². The first kappa shape index (κ1) is 19.5. The summed E-state index contributed by atoms with van der Waals surface area (Å²) in [5, 5.41) is 0. The number of amides is 1. The molecule has 2 aromatic rings. The first-order chi connectivity index (χ1) is 13.2. The Hall–Kier alpha value is -2.29. The zero-order chi connectivity index (χ0) is 19.1. The molecule has 0 atom stereocenters. The van der Waals surface area contributed by atoms with Gasteiger partial charge in [-0.05, 0) is 37.0 Å². The van der Waals surface area contributed by atoms with Gasteiger partial charge in [-0.25, -0.2) is 0 Å². The summed E-state index contributed by atoms with van der Waals surface area (Å²) in [4.78, 5) is 14.7. The largest absolute Gasteiger partial charge is 0.345 e. The highest BCUT2D eigenvalue weighted by Gasteiger charge is 2.19. The lowest BCUT2D eigenvalue weighted by atomic mass is 10.0. The number of carbonyl (C=O) groups is 1. The van der Waals surface area contributed by atoms with E-state index in [2.05, 4.69) is 60.7 Å². The molecule has 0 N–H and O–H groups in total. The predicted octanol–water partition coefficient (Wildman–Crippen LogP) is 5.33. The van der Waals surface area contributed by atoms with E-state index in [0.717, 1.165) is 18.9 Å². The lowest BCUT2D eigenvalue weighted by Crippen LogP contribution is -2.31. The van der Waals surface area contributed by atoms with Crippen LogP contribution in [0.15, 0.2) is 55.3 Å². The van der Waals surface area contributed by atoms with Crippen LogP contribution in [0.4, 0.5) is 0 Å². The molecular formula is C24H32N2O.